The second kappa shape index (κ2) is 47.5. The number of ether oxygens (including phenoxy) is 9. The van der Waals surface area contributed by atoms with E-state index in [4.69, 9.17) is 67.0 Å². The third kappa shape index (κ3) is 53.5. The number of rotatable bonds is 13. The van der Waals surface area contributed by atoms with E-state index in [-0.39, 0.29) is 6.29 Å². The standard InChI is InChI=1S/C8H12O2.C7H12O2.C6H8O2.C6H6O.C5H8O.C4H6O/c1-2-6-9-8-5-3-4-7-10-8;1-4-7(8-5-2)9-6-3;1-2-3-7-4-6-5-8-6;1-3-5-7-6-4-2;1-3-4-5-6-2;1-3-4-5-2/h1,8H,3-7H2;1,7H,5-6H2,2-3H3;1,6H,3-5H2;1-2H,5-6H2;5H2,1-2H3;1H,4H2,2H3. The first-order valence-corrected chi connectivity index (χ1v) is 14.2. The van der Waals surface area contributed by atoms with E-state index in [1.54, 1.807) is 21.1 Å². The Morgan fingerprint density at radius 1 is 0.711 bits per heavy atom. The van der Waals surface area contributed by atoms with Gasteiger partial charge in [0.2, 0.25) is 6.29 Å². The van der Waals surface area contributed by atoms with E-state index in [0.29, 0.717) is 65.6 Å². The van der Waals surface area contributed by atoms with Crippen LogP contribution < -0.4 is 0 Å². The highest BCUT2D eigenvalue weighted by Gasteiger charge is 2.21. The molecule has 2 rings (SSSR count). The fourth-order valence-electron chi connectivity index (χ4n) is 2.24. The van der Waals surface area contributed by atoms with E-state index in [9.17, 15) is 0 Å². The van der Waals surface area contributed by atoms with E-state index in [2.05, 4.69) is 61.6 Å². The maximum Gasteiger partial charge on any atom is 0.222 e. The van der Waals surface area contributed by atoms with Crippen molar-refractivity contribution in [3.05, 3.63) is 0 Å². The maximum atomic E-state index is 5.26. The van der Waals surface area contributed by atoms with Crippen LogP contribution in [0.1, 0.15) is 40.0 Å². The zero-order valence-corrected chi connectivity index (χ0v) is 27.8. The normalized spacial score (nSPS) is 14.6. The number of methoxy groups -OCH3 is 2. The summed E-state index contributed by atoms with van der Waals surface area (Å²) in [7, 11) is 3.20. The Balaban J connectivity index is -0.000000228. The Kier molecular flexibility index (Phi) is 51.1. The molecule has 0 bridgehead atoms. The van der Waals surface area contributed by atoms with Crippen LogP contribution in [0.25, 0.3) is 0 Å². The molecule has 0 aliphatic carbocycles. The van der Waals surface area contributed by atoms with Crippen molar-refractivity contribution in [2.45, 2.75) is 58.7 Å². The molecule has 0 aromatic rings. The highest BCUT2D eigenvalue weighted by Crippen LogP contribution is 2.12. The Morgan fingerprint density at radius 2 is 1.24 bits per heavy atom. The fourth-order valence-corrected chi connectivity index (χ4v) is 2.24. The Morgan fingerprint density at radius 3 is 1.58 bits per heavy atom. The largest absolute Gasteiger partial charge is 0.372 e. The Hall–Kier alpha value is -3.44. The zero-order chi connectivity index (χ0) is 34.7. The zero-order valence-electron chi connectivity index (χ0n) is 27.8. The van der Waals surface area contributed by atoms with Gasteiger partial charge < -0.3 is 42.6 Å². The molecule has 0 aromatic carbocycles. The molecule has 2 fully saturated rings. The summed E-state index contributed by atoms with van der Waals surface area (Å²) in [5.74, 6) is 19.4. The van der Waals surface area contributed by atoms with Gasteiger partial charge in [0.1, 0.15) is 45.7 Å². The SMILES string of the molecule is C#CC(OCC)OCC.C#CCOC.C#CCOC1CCCCO1.C#CCOCC#C.C#CCOCC1CO1.CC#CCOC. The highest BCUT2D eigenvalue weighted by atomic mass is 16.7. The molecule has 2 saturated heterocycles. The summed E-state index contributed by atoms with van der Waals surface area (Å²) in [6, 6.07) is 0. The second-order valence-corrected chi connectivity index (χ2v) is 7.79. The van der Waals surface area contributed by atoms with Crippen LogP contribution in [0.4, 0.5) is 0 Å². The lowest BCUT2D eigenvalue weighted by atomic mass is 10.2. The van der Waals surface area contributed by atoms with Crippen molar-refractivity contribution < 1.29 is 42.6 Å². The van der Waals surface area contributed by atoms with E-state index < -0.39 is 6.29 Å². The summed E-state index contributed by atoms with van der Waals surface area (Å²) in [5.41, 5.74) is 0. The Bertz CT molecular complexity index is 896. The van der Waals surface area contributed by atoms with Gasteiger partial charge in [0, 0.05) is 34.0 Å². The van der Waals surface area contributed by atoms with Gasteiger partial charge in [0.25, 0.3) is 0 Å². The van der Waals surface area contributed by atoms with Crippen LogP contribution in [0.3, 0.4) is 0 Å². The molecule has 9 heteroatoms. The van der Waals surface area contributed by atoms with Crippen LogP contribution in [0.5, 0.6) is 0 Å². The van der Waals surface area contributed by atoms with Crippen molar-refractivity contribution in [2.75, 3.05) is 86.9 Å². The van der Waals surface area contributed by atoms with Gasteiger partial charge in [-0.15, -0.1) is 44.5 Å². The summed E-state index contributed by atoms with van der Waals surface area (Å²) in [5, 5.41) is 0. The molecular formula is C36H52O9. The third-order valence-electron chi connectivity index (χ3n) is 4.15. The molecule has 0 amide bonds. The minimum absolute atomic E-state index is 0.0372. The Labute approximate surface area is 274 Å². The van der Waals surface area contributed by atoms with E-state index in [1.807, 2.05) is 13.8 Å². The van der Waals surface area contributed by atoms with Crippen LogP contribution in [0, 0.1) is 85.9 Å². The molecule has 9 nitrogen and oxygen atoms in total. The summed E-state index contributed by atoms with van der Waals surface area (Å²) < 4.78 is 43.9. The smallest absolute Gasteiger partial charge is 0.222 e. The van der Waals surface area contributed by atoms with Crippen molar-refractivity contribution in [3.8, 4) is 85.9 Å². The molecule has 0 N–H and O–H groups in total. The minimum Gasteiger partial charge on any atom is -0.372 e. The number of hydrogen-bond donors (Lipinski definition) is 0. The topological polar surface area (TPSA) is 86.4 Å². The molecule has 2 heterocycles. The average Bonchev–Trinajstić information content (AvgIpc) is 3.90. The maximum absolute atomic E-state index is 5.26. The summed E-state index contributed by atoms with van der Waals surface area (Å²) in [6.07, 6.45) is 32.6. The summed E-state index contributed by atoms with van der Waals surface area (Å²) in [6.45, 7) is 11.4. The molecule has 2 atom stereocenters. The van der Waals surface area contributed by atoms with Gasteiger partial charge in [-0.25, -0.2) is 0 Å². The van der Waals surface area contributed by atoms with Crippen molar-refractivity contribution in [1.82, 2.24) is 0 Å². The fraction of sp³-hybridized carbons (Fsp3) is 0.611. The molecule has 2 aliphatic heterocycles. The lowest BCUT2D eigenvalue weighted by Gasteiger charge is -2.21. The molecule has 0 radical (unpaired) electrons. The van der Waals surface area contributed by atoms with Gasteiger partial charge in [0.05, 0.1) is 13.2 Å². The van der Waals surface area contributed by atoms with Crippen LogP contribution in [-0.2, 0) is 42.6 Å². The van der Waals surface area contributed by atoms with Crippen LogP contribution >= 0.6 is 0 Å². The van der Waals surface area contributed by atoms with Gasteiger partial charge in [-0.1, -0.05) is 35.5 Å². The molecule has 2 unspecified atom stereocenters. The molecule has 2 aliphatic rings. The molecule has 45 heavy (non-hydrogen) atoms. The van der Waals surface area contributed by atoms with Crippen LogP contribution in [0.15, 0.2) is 0 Å². The van der Waals surface area contributed by atoms with Crippen molar-refractivity contribution in [1.29, 1.82) is 0 Å². The van der Waals surface area contributed by atoms with E-state index in [0.717, 1.165) is 26.1 Å². The number of epoxide rings is 1. The molecular weight excluding hydrogens is 576 g/mol. The molecule has 0 saturated carbocycles. The summed E-state index contributed by atoms with van der Waals surface area (Å²) in [4.78, 5) is 0. The summed E-state index contributed by atoms with van der Waals surface area (Å²) >= 11 is 0. The average molecular weight is 629 g/mol. The van der Waals surface area contributed by atoms with Gasteiger partial charge in [-0.2, -0.15) is 0 Å². The van der Waals surface area contributed by atoms with Gasteiger partial charge in [-0.3, -0.25) is 0 Å². The first-order valence-electron chi connectivity index (χ1n) is 14.2. The van der Waals surface area contributed by atoms with Gasteiger partial charge >= 0.3 is 0 Å². The number of terminal acetylenes is 6. The predicted octanol–water partition coefficient (Wildman–Crippen LogP) is 3.41. The van der Waals surface area contributed by atoms with Gasteiger partial charge in [-0.05, 0) is 46.0 Å². The predicted molar refractivity (Wildman–Crippen MR) is 178 cm³/mol. The number of hydrogen-bond acceptors (Lipinski definition) is 9. The van der Waals surface area contributed by atoms with Crippen LogP contribution in [-0.4, -0.2) is 106 Å². The molecule has 0 spiro atoms. The minimum atomic E-state index is -0.458. The quantitative estimate of drug-likeness (QED) is 0.132. The molecule has 250 valence electrons. The molecule has 0 aromatic heterocycles. The van der Waals surface area contributed by atoms with Crippen molar-refractivity contribution in [3.63, 3.8) is 0 Å². The van der Waals surface area contributed by atoms with Crippen LogP contribution in [0.2, 0.25) is 0 Å². The second-order valence-electron chi connectivity index (χ2n) is 7.79. The van der Waals surface area contributed by atoms with E-state index in [1.165, 1.54) is 6.42 Å². The van der Waals surface area contributed by atoms with E-state index >= 15 is 0 Å². The van der Waals surface area contributed by atoms with Crippen molar-refractivity contribution in [2.24, 2.45) is 0 Å². The third-order valence-corrected chi connectivity index (χ3v) is 4.15. The lowest BCUT2D eigenvalue weighted by Crippen LogP contribution is -2.22. The first kappa shape index (κ1) is 48.5. The highest BCUT2D eigenvalue weighted by molar-refractivity contribution is 4.94. The lowest BCUT2D eigenvalue weighted by molar-refractivity contribution is -0.154. The monoisotopic (exact) mass is 628 g/mol. The van der Waals surface area contributed by atoms with Gasteiger partial charge in [0.15, 0.2) is 6.29 Å². The van der Waals surface area contributed by atoms with Crippen molar-refractivity contribution >= 4 is 0 Å². The first-order chi connectivity index (χ1) is 22.0.